The lowest BCUT2D eigenvalue weighted by Crippen LogP contribution is -2.51. The molecule has 0 unspecified atom stereocenters. The van der Waals surface area contributed by atoms with E-state index in [1.54, 1.807) is 6.20 Å². The molecule has 2 bridgehead atoms. The number of hydrogen-bond acceptors (Lipinski definition) is 8. The third-order valence-corrected chi connectivity index (χ3v) is 4.70. The Kier molecular flexibility index (Phi) is 8.04. The number of fused-ring (bicyclic) bond motifs is 2. The van der Waals surface area contributed by atoms with Gasteiger partial charge >= 0.3 is 0 Å². The van der Waals surface area contributed by atoms with Gasteiger partial charge in [0.25, 0.3) is 0 Å². The molecule has 152 valence electrons. The van der Waals surface area contributed by atoms with Crippen LogP contribution in [-0.2, 0) is 11.2 Å². The third-order valence-electron chi connectivity index (χ3n) is 4.70. The van der Waals surface area contributed by atoms with Crippen molar-refractivity contribution < 1.29 is 14.3 Å². The molecule has 0 saturated carbocycles. The van der Waals surface area contributed by atoms with Crippen molar-refractivity contribution in [2.45, 2.75) is 31.3 Å². The summed E-state index contributed by atoms with van der Waals surface area (Å²) in [5, 5.41) is 15.5. The number of anilines is 3. The van der Waals surface area contributed by atoms with Gasteiger partial charge in [-0.15, -0.1) is 12.4 Å². The first-order valence-electron chi connectivity index (χ1n) is 8.86. The zero-order valence-corrected chi connectivity index (χ0v) is 16.2. The molecule has 0 spiro atoms. The van der Waals surface area contributed by atoms with Crippen LogP contribution in [0.5, 0.6) is 0 Å². The van der Waals surface area contributed by atoms with E-state index in [0.29, 0.717) is 23.7 Å². The second-order valence-electron chi connectivity index (χ2n) is 6.53. The zero-order valence-electron chi connectivity index (χ0n) is 15.3. The summed E-state index contributed by atoms with van der Waals surface area (Å²) in [4.78, 5) is 23.1. The van der Waals surface area contributed by atoms with Crippen LogP contribution in [0.25, 0.3) is 0 Å². The van der Waals surface area contributed by atoms with Crippen LogP contribution < -0.4 is 15.5 Å². The van der Waals surface area contributed by atoms with E-state index in [4.69, 9.17) is 9.90 Å². The number of nitrogens with zero attached hydrogens (tertiary/aromatic N) is 4. The van der Waals surface area contributed by atoms with Crippen LogP contribution in [-0.4, -0.2) is 58.6 Å². The molecule has 0 aromatic carbocycles. The highest BCUT2D eigenvalue weighted by atomic mass is 35.5. The van der Waals surface area contributed by atoms with E-state index < -0.39 is 5.82 Å². The number of nitrogens with one attached hydrogen (secondary N) is 2. The van der Waals surface area contributed by atoms with Crippen molar-refractivity contribution in [1.82, 2.24) is 20.3 Å². The van der Waals surface area contributed by atoms with Gasteiger partial charge in [0.2, 0.25) is 5.95 Å². The first-order valence-corrected chi connectivity index (χ1v) is 8.86. The Morgan fingerprint density at radius 2 is 2.00 bits per heavy atom. The van der Waals surface area contributed by atoms with Crippen molar-refractivity contribution in [3.8, 4) is 0 Å². The average molecular weight is 411 g/mol. The Morgan fingerprint density at radius 3 is 2.64 bits per heavy atom. The van der Waals surface area contributed by atoms with Gasteiger partial charge in [0.1, 0.15) is 18.4 Å². The van der Waals surface area contributed by atoms with Gasteiger partial charge in [-0.05, 0) is 18.9 Å². The summed E-state index contributed by atoms with van der Waals surface area (Å²) >= 11 is 0. The fourth-order valence-electron chi connectivity index (χ4n) is 3.52. The molecule has 2 fully saturated rings. The minimum atomic E-state index is -0.450. The summed E-state index contributed by atoms with van der Waals surface area (Å²) in [6, 6.07) is 4.31. The van der Waals surface area contributed by atoms with Crippen LogP contribution in [0, 0.1) is 5.82 Å². The Labute approximate surface area is 169 Å². The van der Waals surface area contributed by atoms with Crippen molar-refractivity contribution in [3.63, 3.8) is 0 Å². The summed E-state index contributed by atoms with van der Waals surface area (Å²) < 4.78 is 13.9. The smallest absolute Gasteiger partial charge is 0.229 e. The average Bonchev–Trinajstić information content (AvgIpc) is 3.03. The van der Waals surface area contributed by atoms with Crippen molar-refractivity contribution in [3.05, 3.63) is 36.0 Å². The predicted octanol–water partition coefficient (Wildman–Crippen LogP) is 1.47. The first kappa shape index (κ1) is 21.9. The molecule has 0 radical (unpaired) electrons. The maximum absolute atomic E-state index is 13.9. The van der Waals surface area contributed by atoms with E-state index in [0.717, 1.165) is 18.9 Å². The largest absolute Gasteiger partial charge is 0.396 e. The first-order chi connectivity index (χ1) is 13.2. The van der Waals surface area contributed by atoms with Crippen LogP contribution in [0.3, 0.4) is 0 Å². The van der Waals surface area contributed by atoms with E-state index in [1.165, 1.54) is 25.1 Å². The molecular formula is C18H24ClFN6O2. The maximum Gasteiger partial charge on any atom is 0.229 e. The number of carbonyl (C=O) groups is 1. The minimum absolute atomic E-state index is 0. The molecule has 2 aliphatic rings. The van der Waals surface area contributed by atoms with Gasteiger partial charge in [-0.3, -0.25) is 4.98 Å². The molecule has 28 heavy (non-hydrogen) atoms. The number of halogens is 2. The Balaban J connectivity index is 0.000000906. The van der Waals surface area contributed by atoms with Crippen molar-refractivity contribution in [2.24, 2.45) is 0 Å². The SMILES string of the molecule is C=O.Cl.OCCc1ncc(Nc2nccc(N3C[C@H]4CC[C@@H](C3)N4)n2)cc1F. The van der Waals surface area contributed by atoms with Gasteiger partial charge in [0, 0.05) is 50.5 Å². The third kappa shape index (κ3) is 5.12. The molecule has 2 saturated heterocycles. The maximum atomic E-state index is 13.9. The lowest BCUT2D eigenvalue weighted by molar-refractivity contribution is -0.0979. The van der Waals surface area contributed by atoms with Gasteiger partial charge in [-0.1, -0.05) is 0 Å². The standard InChI is InChI=1S/C17H21FN6O.CH2O.ClH/c18-14-7-13(8-20-15(14)4-6-25)22-17-19-5-3-16(23-17)24-9-11-1-2-12(10-24)21-11;1-2;/h3,5,7-8,11-12,21,25H,1-2,4,6,9-10H2,(H,19,22,23);1H2;1H/t11-,12+;;. The fraction of sp³-hybridized carbons (Fsp3) is 0.444. The Bertz CT molecular complexity index is 771. The summed E-state index contributed by atoms with van der Waals surface area (Å²) in [5.74, 6) is 0.842. The van der Waals surface area contributed by atoms with Gasteiger partial charge in [0.05, 0.1) is 17.6 Å². The number of carbonyl (C=O) groups excluding carboxylic acids is 1. The number of piperazine rings is 1. The monoisotopic (exact) mass is 410 g/mol. The van der Waals surface area contributed by atoms with Gasteiger partial charge < -0.3 is 25.4 Å². The molecule has 3 N–H and O–H groups in total. The van der Waals surface area contributed by atoms with E-state index in [1.807, 2.05) is 12.9 Å². The molecule has 8 nitrogen and oxygen atoms in total. The highest BCUT2D eigenvalue weighted by Gasteiger charge is 2.32. The minimum Gasteiger partial charge on any atom is -0.396 e. The van der Waals surface area contributed by atoms with Crippen LogP contribution in [0.1, 0.15) is 18.5 Å². The van der Waals surface area contributed by atoms with Crippen LogP contribution in [0.4, 0.5) is 21.8 Å². The summed E-state index contributed by atoms with van der Waals surface area (Å²) in [6.07, 6.45) is 5.85. The summed E-state index contributed by atoms with van der Waals surface area (Å²) in [6.45, 7) is 3.76. The molecule has 10 heteroatoms. The van der Waals surface area contributed by atoms with Gasteiger partial charge in [-0.2, -0.15) is 4.98 Å². The number of rotatable bonds is 5. The van der Waals surface area contributed by atoms with E-state index in [9.17, 15) is 4.39 Å². The van der Waals surface area contributed by atoms with Crippen LogP contribution in [0.15, 0.2) is 24.5 Å². The van der Waals surface area contributed by atoms with Crippen LogP contribution in [0.2, 0.25) is 0 Å². The lowest BCUT2D eigenvalue weighted by atomic mass is 10.2. The van der Waals surface area contributed by atoms with Crippen molar-refractivity contribution >= 4 is 36.6 Å². The van der Waals surface area contributed by atoms with Gasteiger partial charge in [-0.25, -0.2) is 9.37 Å². The molecule has 2 atom stereocenters. The number of aliphatic hydroxyl groups is 1. The van der Waals surface area contributed by atoms with Gasteiger partial charge in [0.15, 0.2) is 0 Å². The van der Waals surface area contributed by atoms with Crippen molar-refractivity contribution in [2.75, 3.05) is 29.9 Å². The number of hydrogen-bond donors (Lipinski definition) is 3. The van der Waals surface area contributed by atoms with E-state index >= 15 is 0 Å². The predicted molar refractivity (Wildman–Crippen MR) is 107 cm³/mol. The fourth-order valence-corrected chi connectivity index (χ4v) is 3.52. The topological polar surface area (TPSA) is 103 Å². The molecule has 2 aliphatic heterocycles. The zero-order chi connectivity index (χ0) is 19.2. The molecule has 4 rings (SSSR count). The second kappa shape index (κ2) is 10.3. The number of pyridine rings is 1. The summed E-state index contributed by atoms with van der Waals surface area (Å²) in [5.41, 5.74) is 0.732. The normalized spacial score (nSPS) is 20.0. The molecule has 2 aromatic heterocycles. The van der Waals surface area contributed by atoms with E-state index in [-0.39, 0.29) is 31.1 Å². The number of aromatic nitrogens is 3. The molecule has 0 aliphatic carbocycles. The lowest BCUT2D eigenvalue weighted by Gasteiger charge is -2.33. The van der Waals surface area contributed by atoms with Crippen molar-refractivity contribution in [1.29, 1.82) is 0 Å². The second-order valence-corrected chi connectivity index (χ2v) is 6.53. The number of aliphatic hydroxyl groups excluding tert-OH is 1. The molecule has 0 amide bonds. The molecule has 2 aromatic rings. The Morgan fingerprint density at radius 1 is 1.29 bits per heavy atom. The summed E-state index contributed by atoms with van der Waals surface area (Å²) in [7, 11) is 0. The Hall–Kier alpha value is -2.36. The highest BCUT2D eigenvalue weighted by molar-refractivity contribution is 5.85. The highest BCUT2D eigenvalue weighted by Crippen LogP contribution is 2.25. The molecule has 4 heterocycles. The molecular weight excluding hydrogens is 387 g/mol. The van der Waals surface area contributed by atoms with E-state index in [2.05, 4.69) is 30.5 Å². The van der Waals surface area contributed by atoms with Crippen LogP contribution >= 0.6 is 12.4 Å². The quantitative estimate of drug-likeness (QED) is 0.680.